The number of amides is 1. The third kappa shape index (κ3) is 3.27. The number of phenolic OH excluding ortho intramolecular Hbond substituents is 1. The number of phenols is 1. The molecule has 0 aliphatic carbocycles. The minimum atomic E-state index is -0.196. The Morgan fingerprint density at radius 3 is 2.60 bits per heavy atom. The van der Waals surface area contributed by atoms with E-state index in [-0.39, 0.29) is 11.7 Å². The fraction of sp³-hybridized carbons (Fsp3) is 0.125. The van der Waals surface area contributed by atoms with Crippen LogP contribution in [-0.4, -0.2) is 35.0 Å². The van der Waals surface area contributed by atoms with E-state index in [1.54, 1.807) is 38.5 Å². The smallest absolute Gasteiger partial charge is 0.253 e. The van der Waals surface area contributed by atoms with Crippen LogP contribution in [-0.2, 0) is 0 Å². The number of nitriles is 1. The lowest BCUT2D eigenvalue weighted by molar-refractivity contribution is 0.0827. The number of carbonyl (C=O) groups excluding carboxylic acids is 1. The molecule has 0 bridgehead atoms. The number of fused-ring (bicyclic) bond motifs is 1. The monoisotopic (exact) mass is 397 g/mol. The number of pyridine rings is 1. The molecule has 0 spiro atoms. The highest BCUT2D eigenvalue weighted by atomic mass is 16.3. The first-order valence-electron chi connectivity index (χ1n) is 9.33. The van der Waals surface area contributed by atoms with Crippen LogP contribution in [0.5, 0.6) is 5.75 Å². The van der Waals surface area contributed by atoms with Crippen molar-refractivity contribution in [1.82, 2.24) is 9.88 Å². The van der Waals surface area contributed by atoms with E-state index < -0.39 is 0 Å². The van der Waals surface area contributed by atoms with Crippen LogP contribution in [0.1, 0.15) is 21.5 Å². The molecule has 4 aromatic rings. The summed E-state index contributed by atoms with van der Waals surface area (Å²) in [7, 11) is 3.31. The van der Waals surface area contributed by atoms with Crippen molar-refractivity contribution in [3.05, 3.63) is 71.4 Å². The molecule has 0 saturated heterocycles. The van der Waals surface area contributed by atoms with Crippen LogP contribution in [0.2, 0.25) is 0 Å². The molecule has 148 valence electrons. The Hall–Kier alpha value is -4.11. The van der Waals surface area contributed by atoms with Crippen molar-refractivity contribution < 1.29 is 14.3 Å². The number of aromatic nitrogens is 1. The molecule has 2 heterocycles. The molecule has 2 aromatic heterocycles. The van der Waals surface area contributed by atoms with Crippen molar-refractivity contribution in [3.8, 4) is 34.3 Å². The minimum Gasteiger partial charge on any atom is -0.507 e. The van der Waals surface area contributed by atoms with Gasteiger partial charge in [0, 0.05) is 37.5 Å². The summed E-state index contributed by atoms with van der Waals surface area (Å²) in [5, 5.41) is 19.8. The molecule has 1 N–H and O–H groups in total. The number of nitrogens with zero attached hydrogens (tertiary/aromatic N) is 3. The van der Waals surface area contributed by atoms with Gasteiger partial charge in [0.2, 0.25) is 0 Å². The Morgan fingerprint density at radius 1 is 1.10 bits per heavy atom. The van der Waals surface area contributed by atoms with Gasteiger partial charge in [0.15, 0.2) is 5.58 Å². The number of hydrogen-bond acceptors (Lipinski definition) is 5. The van der Waals surface area contributed by atoms with Gasteiger partial charge in [-0.2, -0.15) is 5.26 Å². The van der Waals surface area contributed by atoms with Gasteiger partial charge < -0.3 is 14.4 Å². The van der Waals surface area contributed by atoms with Crippen molar-refractivity contribution in [2.45, 2.75) is 6.92 Å². The van der Waals surface area contributed by atoms with E-state index in [1.165, 1.54) is 11.0 Å². The number of hydrogen-bond donors (Lipinski definition) is 1. The molecule has 0 saturated carbocycles. The predicted molar refractivity (Wildman–Crippen MR) is 114 cm³/mol. The Balaban J connectivity index is 1.82. The van der Waals surface area contributed by atoms with Gasteiger partial charge in [-0.15, -0.1) is 0 Å². The molecule has 6 nitrogen and oxygen atoms in total. The molecule has 0 unspecified atom stereocenters. The first-order chi connectivity index (χ1) is 14.4. The van der Waals surface area contributed by atoms with Gasteiger partial charge in [-0.3, -0.25) is 9.78 Å². The summed E-state index contributed by atoms with van der Waals surface area (Å²) in [5.74, 6) is 0.197. The summed E-state index contributed by atoms with van der Waals surface area (Å²) in [4.78, 5) is 17.9. The highest BCUT2D eigenvalue weighted by Crippen LogP contribution is 2.37. The van der Waals surface area contributed by atoms with Gasteiger partial charge in [0.05, 0.1) is 17.2 Å². The van der Waals surface area contributed by atoms with E-state index >= 15 is 0 Å². The second-order valence-corrected chi connectivity index (χ2v) is 7.26. The molecule has 2 aromatic carbocycles. The van der Waals surface area contributed by atoms with E-state index in [0.717, 1.165) is 16.7 Å². The number of furan rings is 1. The number of rotatable bonds is 3. The van der Waals surface area contributed by atoms with E-state index in [1.807, 2.05) is 31.2 Å². The summed E-state index contributed by atoms with van der Waals surface area (Å²) >= 11 is 0. The van der Waals surface area contributed by atoms with Gasteiger partial charge >= 0.3 is 0 Å². The highest BCUT2D eigenvalue weighted by molar-refractivity contribution is 5.96. The maximum Gasteiger partial charge on any atom is 0.253 e. The Kier molecular flexibility index (Phi) is 4.72. The van der Waals surface area contributed by atoms with Gasteiger partial charge in [0.1, 0.15) is 17.0 Å². The van der Waals surface area contributed by atoms with Gasteiger partial charge in [0.25, 0.3) is 5.91 Å². The summed E-state index contributed by atoms with van der Waals surface area (Å²) < 4.78 is 6.07. The Labute approximate surface area is 173 Å². The maximum atomic E-state index is 12.1. The summed E-state index contributed by atoms with van der Waals surface area (Å²) in [6.07, 6.45) is 1.68. The Morgan fingerprint density at radius 2 is 1.90 bits per heavy atom. The van der Waals surface area contributed by atoms with Crippen molar-refractivity contribution >= 4 is 17.0 Å². The minimum absolute atomic E-state index is 0.0505. The number of aromatic hydroxyl groups is 1. The zero-order valence-electron chi connectivity index (χ0n) is 16.8. The van der Waals surface area contributed by atoms with Crippen molar-refractivity contribution in [2.75, 3.05) is 14.1 Å². The molecule has 0 aliphatic heterocycles. The molecule has 4 rings (SSSR count). The fourth-order valence-electron chi connectivity index (χ4n) is 3.34. The van der Waals surface area contributed by atoms with Gasteiger partial charge in [-0.25, -0.2) is 0 Å². The van der Waals surface area contributed by atoms with E-state index in [9.17, 15) is 15.2 Å². The zero-order valence-corrected chi connectivity index (χ0v) is 16.8. The van der Waals surface area contributed by atoms with Gasteiger partial charge in [-0.1, -0.05) is 12.1 Å². The second kappa shape index (κ2) is 7.37. The summed E-state index contributed by atoms with van der Waals surface area (Å²) in [6, 6.07) is 16.2. The first kappa shape index (κ1) is 19.2. The SMILES string of the molecule is Cc1ccc(-c2ccnc3cc(-c4ccc(C(=O)N(C)C)cc4O)oc23)cc1C#N. The van der Waals surface area contributed by atoms with E-state index in [2.05, 4.69) is 11.1 Å². The largest absolute Gasteiger partial charge is 0.507 e. The predicted octanol–water partition coefficient (Wildman–Crippen LogP) is 4.75. The maximum absolute atomic E-state index is 12.1. The van der Waals surface area contributed by atoms with Crippen LogP contribution < -0.4 is 0 Å². The molecule has 1 amide bonds. The van der Waals surface area contributed by atoms with Crippen LogP contribution in [0, 0.1) is 18.3 Å². The molecular weight excluding hydrogens is 378 g/mol. The summed E-state index contributed by atoms with van der Waals surface area (Å²) in [6.45, 7) is 1.89. The highest BCUT2D eigenvalue weighted by Gasteiger charge is 2.17. The molecule has 0 fully saturated rings. The number of benzene rings is 2. The lowest BCUT2D eigenvalue weighted by Gasteiger charge is -2.11. The van der Waals surface area contributed by atoms with Crippen LogP contribution in [0.25, 0.3) is 33.6 Å². The van der Waals surface area contributed by atoms with Crippen molar-refractivity contribution in [2.24, 2.45) is 0 Å². The standard InChI is InChI=1S/C24H19N3O3/c1-14-4-5-15(10-17(14)13-25)18-8-9-26-20-12-22(30-23(18)20)19-7-6-16(11-21(19)28)24(29)27(2)3/h4-12,28H,1-3H3. The second-order valence-electron chi connectivity index (χ2n) is 7.26. The van der Waals surface area contributed by atoms with Crippen molar-refractivity contribution in [1.29, 1.82) is 5.26 Å². The van der Waals surface area contributed by atoms with E-state index in [4.69, 9.17) is 4.42 Å². The molecule has 0 aliphatic rings. The first-order valence-corrected chi connectivity index (χ1v) is 9.33. The normalized spacial score (nSPS) is 10.7. The zero-order chi connectivity index (χ0) is 21.4. The topological polar surface area (TPSA) is 90.4 Å². The number of carbonyl (C=O) groups is 1. The van der Waals surface area contributed by atoms with Gasteiger partial charge in [-0.05, 0) is 48.4 Å². The van der Waals surface area contributed by atoms with Crippen LogP contribution >= 0.6 is 0 Å². The fourth-order valence-corrected chi connectivity index (χ4v) is 3.34. The van der Waals surface area contributed by atoms with E-state index in [0.29, 0.717) is 33.6 Å². The number of aryl methyl sites for hydroxylation is 1. The quantitative estimate of drug-likeness (QED) is 0.539. The lowest BCUT2D eigenvalue weighted by atomic mass is 10.0. The van der Waals surface area contributed by atoms with Crippen molar-refractivity contribution in [3.63, 3.8) is 0 Å². The molecule has 30 heavy (non-hydrogen) atoms. The molecule has 6 heteroatoms. The summed E-state index contributed by atoms with van der Waals surface area (Å²) in [5.41, 5.74) is 5.22. The molecule has 0 radical (unpaired) electrons. The van der Waals surface area contributed by atoms with Crippen LogP contribution in [0.15, 0.2) is 59.1 Å². The Bertz CT molecular complexity index is 1330. The average Bonchev–Trinajstić information content (AvgIpc) is 3.17. The molecule has 0 atom stereocenters. The lowest BCUT2D eigenvalue weighted by Crippen LogP contribution is -2.21. The average molecular weight is 397 g/mol. The van der Waals surface area contributed by atoms with Crippen LogP contribution in [0.3, 0.4) is 0 Å². The van der Waals surface area contributed by atoms with Crippen LogP contribution in [0.4, 0.5) is 0 Å². The third-order valence-electron chi connectivity index (χ3n) is 5.00. The molecular formula is C24H19N3O3. The third-order valence-corrected chi connectivity index (χ3v) is 5.00.